The van der Waals surface area contributed by atoms with Gasteiger partial charge in [-0.25, -0.2) is 0 Å². The van der Waals surface area contributed by atoms with Crippen LogP contribution in [0.15, 0.2) is 64.2 Å². The number of fused-ring (bicyclic) bond motifs is 8. The molecule has 2 atom stereocenters. The number of ether oxygens (including phenoxy) is 1. The minimum absolute atomic E-state index is 0.0199. The van der Waals surface area contributed by atoms with Crippen LogP contribution in [0, 0.1) is 0 Å². The SMILES string of the molecule is CC1(C)C2=C3C=C4C5=[N+](CCC4OC3CCN2c2ccc(CCO)cc21)c1ccc(S(O)(O)O)cc1C5(C)C. The molecule has 0 fully saturated rings. The third-order valence-corrected chi connectivity index (χ3v) is 10.4. The van der Waals surface area contributed by atoms with E-state index in [9.17, 15) is 18.8 Å². The number of aliphatic hydroxyl groups is 1. The molecule has 39 heavy (non-hydrogen) atoms. The van der Waals surface area contributed by atoms with Crippen molar-refractivity contribution in [2.45, 2.75) is 74.9 Å². The average molecular weight is 550 g/mol. The molecule has 5 heterocycles. The maximum absolute atomic E-state index is 9.94. The number of nitrogens with zero attached hydrogens (tertiary/aromatic N) is 2. The number of aliphatic hydroxyl groups excluding tert-OH is 1. The first-order valence-electron chi connectivity index (χ1n) is 13.9. The molecule has 0 aromatic heterocycles. The summed E-state index contributed by atoms with van der Waals surface area (Å²) in [6, 6.07) is 11.9. The van der Waals surface area contributed by atoms with E-state index in [2.05, 4.69) is 61.4 Å². The number of allylic oxidation sites excluding steroid dienone is 1. The van der Waals surface area contributed by atoms with Gasteiger partial charge in [-0.15, -0.1) is 0 Å². The van der Waals surface area contributed by atoms with Crippen LogP contribution in [0.5, 0.6) is 0 Å². The predicted octanol–water partition coefficient (Wildman–Crippen LogP) is 5.73. The molecule has 0 saturated carbocycles. The highest BCUT2D eigenvalue weighted by atomic mass is 32.3. The van der Waals surface area contributed by atoms with E-state index in [0.717, 1.165) is 42.7 Å². The molecule has 7 rings (SSSR count). The molecule has 4 N–H and O–H groups in total. The topological polar surface area (TPSA) is 96.4 Å². The molecule has 8 heteroatoms. The number of rotatable bonds is 3. The second-order valence-corrected chi connectivity index (χ2v) is 14.0. The Balaban J connectivity index is 1.38. The van der Waals surface area contributed by atoms with E-state index in [1.807, 2.05) is 6.07 Å². The Kier molecular flexibility index (Phi) is 5.42. The Hall–Kier alpha value is -2.46. The fraction of sp³-hybridized carbons (Fsp3) is 0.452. The number of anilines is 1. The van der Waals surface area contributed by atoms with Gasteiger partial charge < -0.3 is 28.4 Å². The van der Waals surface area contributed by atoms with Gasteiger partial charge in [-0.2, -0.15) is 4.58 Å². The normalized spacial score (nSPS) is 26.4. The van der Waals surface area contributed by atoms with Crippen LogP contribution in [0.1, 0.15) is 57.2 Å². The lowest BCUT2D eigenvalue weighted by Crippen LogP contribution is -2.47. The van der Waals surface area contributed by atoms with E-state index in [-0.39, 0.29) is 29.1 Å². The fourth-order valence-corrected chi connectivity index (χ4v) is 8.30. The smallest absolute Gasteiger partial charge is 0.209 e. The van der Waals surface area contributed by atoms with Gasteiger partial charge in [0, 0.05) is 59.1 Å². The van der Waals surface area contributed by atoms with Gasteiger partial charge in [0.25, 0.3) is 0 Å². The van der Waals surface area contributed by atoms with E-state index in [4.69, 9.17) is 4.74 Å². The molecular formula is C31H37N2O5S+. The van der Waals surface area contributed by atoms with Crippen molar-refractivity contribution < 1.29 is 28.1 Å². The molecule has 0 spiro atoms. The standard InChI is InChI=1S/C31H36N2O5S/c1-30(2)22-15-18(11-14-34)5-7-24(22)32-12-9-26-20(28(30)32)17-21-27(38-26)10-13-33-25-8-6-19(39(35,36)37)16-23(25)31(3,4)29(21)33/h5-8,15-17,26-27,34H,9-14H2,1-4H3,(H2-,35,36,37)/p+1. The molecule has 7 nitrogen and oxygen atoms in total. The lowest BCUT2D eigenvalue weighted by atomic mass is 9.74. The monoisotopic (exact) mass is 549 g/mol. The van der Waals surface area contributed by atoms with E-state index < -0.39 is 16.3 Å². The number of hydrogen-bond acceptors (Lipinski definition) is 6. The summed E-state index contributed by atoms with van der Waals surface area (Å²) in [5.74, 6) is 0. The Labute approximate surface area is 231 Å². The third kappa shape index (κ3) is 3.52. The van der Waals surface area contributed by atoms with Crippen LogP contribution in [-0.2, 0) is 22.0 Å². The zero-order chi connectivity index (χ0) is 27.5. The number of hydrogen-bond donors (Lipinski definition) is 4. The van der Waals surface area contributed by atoms with Crippen LogP contribution in [0.2, 0.25) is 0 Å². The van der Waals surface area contributed by atoms with Gasteiger partial charge >= 0.3 is 0 Å². The molecule has 5 aliphatic heterocycles. The third-order valence-electron chi connectivity index (χ3n) is 9.51. The Morgan fingerprint density at radius 1 is 0.974 bits per heavy atom. The lowest BCUT2D eigenvalue weighted by molar-refractivity contribution is -0.445. The van der Waals surface area contributed by atoms with Gasteiger partial charge in [0.1, 0.15) is 10.9 Å². The summed E-state index contributed by atoms with van der Waals surface area (Å²) in [5, 5.41) is 9.52. The zero-order valence-corrected chi connectivity index (χ0v) is 23.8. The van der Waals surface area contributed by atoms with Gasteiger partial charge in [-0.1, -0.05) is 26.0 Å². The van der Waals surface area contributed by atoms with Crippen molar-refractivity contribution in [3.05, 3.63) is 76.0 Å². The summed E-state index contributed by atoms with van der Waals surface area (Å²) in [5.41, 5.74) is 10.1. The van der Waals surface area contributed by atoms with Crippen molar-refractivity contribution >= 4 is 28.0 Å². The molecule has 2 aromatic carbocycles. The van der Waals surface area contributed by atoms with E-state index in [1.54, 1.807) is 12.1 Å². The average Bonchev–Trinajstić information content (AvgIpc) is 3.26. The van der Waals surface area contributed by atoms with Crippen LogP contribution >= 0.6 is 10.9 Å². The Bertz CT molecular complexity index is 1510. The van der Waals surface area contributed by atoms with Crippen molar-refractivity contribution in [2.75, 3.05) is 24.6 Å². The van der Waals surface area contributed by atoms with E-state index in [0.29, 0.717) is 6.42 Å². The van der Waals surface area contributed by atoms with E-state index in [1.165, 1.54) is 33.8 Å². The molecule has 5 aliphatic rings. The highest BCUT2D eigenvalue weighted by Gasteiger charge is 2.54. The molecule has 0 aliphatic carbocycles. The second kappa shape index (κ2) is 8.28. The van der Waals surface area contributed by atoms with Crippen molar-refractivity contribution in [1.29, 1.82) is 0 Å². The molecule has 0 bridgehead atoms. The summed E-state index contributed by atoms with van der Waals surface area (Å²) in [6.07, 6.45) is 4.96. The Morgan fingerprint density at radius 3 is 2.51 bits per heavy atom. The molecule has 2 unspecified atom stereocenters. The first-order valence-corrected chi connectivity index (χ1v) is 15.4. The molecule has 0 saturated heterocycles. The lowest BCUT2D eigenvalue weighted by Gasteiger charge is -2.42. The van der Waals surface area contributed by atoms with Crippen LogP contribution in [0.25, 0.3) is 0 Å². The first kappa shape index (κ1) is 25.5. The predicted molar refractivity (Wildman–Crippen MR) is 154 cm³/mol. The largest absolute Gasteiger partial charge is 0.396 e. The van der Waals surface area contributed by atoms with Crippen LogP contribution in [-0.4, -0.2) is 61.0 Å². The maximum atomic E-state index is 9.94. The zero-order valence-electron chi connectivity index (χ0n) is 22.9. The molecule has 0 amide bonds. The van der Waals surface area contributed by atoms with Crippen LogP contribution < -0.4 is 4.90 Å². The highest BCUT2D eigenvalue weighted by molar-refractivity contribution is 8.19. The first-order chi connectivity index (χ1) is 18.4. The fourth-order valence-electron chi connectivity index (χ4n) is 7.77. The molecule has 2 aromatic rings. The van der Waals surface area contributed by atoms with Crippen LogP contribution in [0.4, 0.5) is 11.4 Å². The second-order valence-electron chi connectivity index (χ2n) is 12.5. The van der Waals surface area contributed by atoms with Crippen LogP contribution in [0.3, 0.4) is 0 Å². The van der Waals surface area contributed by atoms with Gasteiger partial charge in [0.15, 0.2) is 12.3 Å². The van der Waals surface area contributed by atoms with Crippen molar-refractivity contribution in [1.82, 2.24) is 0 Å². The minimum atomic E-state index is -3.80. The number of benzene rings is 2. The summed E-state index contributed by atoms with van der Waals surface area (Å²) < 4.78 is 39.1. The summed E-state index contributed by atoms with van der Waals surface area (Å²) in [7, 11) is -3.80. The summed E-state index contributed by atoms with van der Waals surface area (Å²) in [6.45, 7) is 10.8. The minimum Gasteiger partial charge on any atom is -0.396 e. The van der Waals surface area contributed by atoms with E-state index >= 15 is 0 Å². The van der Waals surface area contributed by atoms with Gasteiger partial charge in [-0.3, -0.25) is 0 Å². The van der Waals surface area contributed by atoms with Crippen molar-refractivity contribution in [2.24, 2.45) is 0 Å². The molecular weight excluding hydrogens is 512 g/mol. The Morgan fingerprint density at radius 2 is 1.77 bits per heavy atom. The van der Waals surface area contributed by atoms with Crippen molar-refractivity contribution in [3.63, 3.8) is 0 Å². The van der Waals surface area contributed by atoms with Crippen molar-refractivity contribution in [3.8, 4) is 0 Å². The quantitative estimate of drug-likeness (QED) is 0.365. The highest BCUT2D eigenvalue weighted by Crippen LogP contribution is 2.55. The molecule has 206 valence electrons. The molecule has 0 radical (unpaired) electrons. The maximum Gasteiger partial charge on any atom is 0.209 e. The summed E-state index contributed by atoms with van der Waals surface area (Å²) >= 11 is 0. The summed E-state index contributed by atoms with van der Waals surface area (Å²) in [4.78, 5) is 2.63. The van der Waals surface area contributed by atoms with Gasteiger partial charge in [0.05, 0.1) is 22.5 Å². The van der Waals surface area contributed by atoms with Gasteiger partial charge in [-0.05, 0) is 62.1 Å². The van der Waals surface area contributed by atoms with Gasteiger partial charge in [0.2, 0.25) is 5.69 Å².